The number of hydrogen-bond donors (Lipinski definition) is 0. The molecule has 0 nitrogen and oxygen atoms in total. The van der Waals surface area contributed by atoms with Crippen LogP contribution in [0.2, 0.25) is 0 Å². The monoisotopic (exact) mass is 306 g/mol. The number of fused-ring (bicyclic) bond motifs is 2. The van der Waals surface area contributed by atoms with E-state index in [0.29, 0.717) is 0 Å². The molecule has 0 spiro atoms. The highest BCUT2D eigenvalue weighted by Crippen LogP contribution is 2.43. The largest absolute Gasteiger partial charge is 0.0885 e. The van der Waals surface area contributed by atoms with Gasteiger partial charge in [-0.1, -0.05) is 60.8 Å². The standard InChI is InChI=1S/C23H30/c1(2-8-18-14-16-20-10-4-6-12-22(18)20)3-9-19-15-17-21-11-5-7-13-23(19)21/h1-2,4-7,10-13,18-23H,3,8-9,14-17H2/b2-1+. The summed E-state index contributed by atoms with van der Waals surface area (Å²) in [4.78, 5) is 0. The molecule has 0 N–H and O–H groups in total. The molecule has 4 aliphatic carbocycles. The van der Waals surface area contributed by atoms with Gasteiger partial charge in [0.15, 0.2) is 0 Å². The Morgan fingerprint density at radius 2 is 1.26 bits per heavy atom. The second-order valence-electron chi connectivity index (χ2n) is 7.98. The highest BCUT2D eigenvalue weighted by Gasteiger charge is 2.33. The van der Waals surface area contributed by atoms with Gasteiger partial charge in [-0.15, -0.1) is 0 Å². The molecule has 0 aromatic carbocycles. The lowest BCUT2D eigenvalue weighted by atomic mass is 9.83. The van der Waals surface area contributed by atoms with Gasteiger partial charge in [0, 0.05) is 0 Å². The summed E-state index contributed by atoms with van der Waals surface area (Å²) in [5, 5.41) is 0. The molecular weight excluding hydrogens is 276 g/mol. The molecule has 2 fully saturated rings. The first kappa shape index (κ1) is 15.2. The van der Waals surface area contributed by atoms with Gasteiger partial charge in [0.2, 0.25) is 0 Å². The minimum absolute atomic E-state index is 0.819. The Balaban J connectivity index is 1.21. The molecule has 6 unspecified atom stereocenters. The van der Waals surface area contributed by atoms with Crippen LogP contribution in [0.3, 0.4) is 0 Å². The molecular formula is C23H30. The fraction of sp³-hybridized carbons (Fsp3) is 0.565. The Morgan fingerprint density at radius 3 is 2.00 bits per heavy atom. The van der Waals surface area contributed by atoms with Crippen molar-refractivity contribution < 1.29 is 0 Å². The van der Waals surface area contributed by atoms with E-state index in [2.05, 4.69) is 60.8 Å². The van der Waals surface area contributed by atoms with Gasteiger partial charge in [0.05, 0.1) is 0 Å². The Bertz CT molecular complexity index is 544. The predicted octanol–water partition coefficient (Wildman–Crippen LogP) is 6.25. The van der Waals surface area contributed by atoms with Crippen LogP contribution in [0.5, 0.6) is 0 Å². The van der Waals surface area contributed by atoms with Gasteiger partial charge in [-0.05, 0) is 80.5 Å². The third-order valence-electron chi connectivity index (χ3n) is 6.73. The summed E-state index contributed by atoms with van der Waals surface area (Å²) in [7, 11) is 0. The van der Waals surface area contributed by atoms with Crippen LogP contribution in [0, 0.1) is 35.5 Å². The highest BCUT2D eigenvalue weighted by atomic mass is 14.4. The lowest BCUT2D eigenvalue weighted by Gasteiger charge is -2.21. The zero-order valence-corrected chi connectivity index (χ0v) is 14.2. The molecule has 4 rings (SSSR count). The average Bonchev–Trinajstić information content (AvgIpc) is 3.19. The maximum Gasteiger partial charge on any atom is -0.0136 e. The molecule has 6 atom stereocenters. The summed E-state index contributed by atoms with van der Waals surface area (Å²) in [5.74, 6) is 5.14. The van der Waals surface area contributed by atoms with E-state index in [1.807, 2.05) is 0 Å². The Labute approximate surface area is 141 Å². The van der Waals surface area contributed by atoms with Crippen molar-refractivity contribution in [1.82, 2.24) is 0 Å². The molecule has 0 aromatic heterocycles. The normalized spacial score (nSPS) is 40.9. The van der Waals surface area contributed by atoms with Crippen molar-refractivity contribution in [3.63, 3.8) is 0 Å². The number of rotatable bonds is 5. The smallest absolute Gasteiger partial charge is 0.0136 e. The van der Waals surface area contributed by atoms with Crippen LogP contribution in [-0.2, 0) is 0 Å². The van der Waals surface area contributed by atoms with E-state index >= 15 is 0 Å². The Hall–Kier alpha value is -1.30. The molecule has 0 heterocycles. The van der Waals surface area contributed by atoms with Crippen molar-refractivity contribution >= 4 is 0 Å². The van der Waals surface area contributed by atoms with Crippen LogP contribution in [0.4, 0.5) is 0 Å². The number of allylic oxidation sites excluding steroid dienone is 10. The fourth-order valence-corrected chi connectivity index (χ4v) is 5.44. The SMILES string of the molecule is C1=CC2CCC(C/C=C/CCC3CCC4C=CC=CC43)C2C=C1. The van der Waals surface area contributed by atoms with E-state index in [1.54, 1.807) is 0 Å². The van der Waals surface area contributed by atoms with Crippen LogP contribution < -0.4 is 0 Å². The van der Waals surface area contributed by atoms with Gasteiger partial charge in [0.25, 0.3) is 0 Å². The molecule has 23 heavy (non-hydrogen) atoms. The molecule has 0 saturated heterocycles. The van der Waals surface area contributed by atoms with Crippen molar-refractivity contribution in [2.75, 3.05) is 0 Å². The van der Waals surface area contributed by atoms with Gasteiger partial charge in [0.1, 0.15) is 0 Å². The zero-order chi connectivity index (χ0) is 15.5. The fourth-order valence-electron chi connectivity index (χ4n) is 5.44. The summed E-state index contributed by atoms with van der Waals surface area (Å²) >= 11 is 0. The second-order valence-corrected chi connectivity index (χ2v) is 7.98. The van der Waals surface area contributed by atoms with Crippen LogP contribution in [0.25, 0.3) is 0 Å². The lowest BCUT2D eigenvalue weighted by Crippen LogP contribution is -2.12. The zero-order valence-electron chi connectivity index (χ0n) is 14.2. The van der Waals surface area contributed by atoms with Crippen molar-refractivity contribution in [2.24, 2.45) is 35.5 Å². The van der Waals surface area contributed by atoms with Crippen LogP contribution in [-0.4, -0.2) is 0 Å². The third-order valence-corrected chi connectivity index (χ3v) is 6.73. The summed E-state index contributed by atoms with van der Waals surface area (Å²) in [6.45, 7) is 0. The van der Waals surface area contributed by atoms with Crippen LogP contribution in [0.1, 0.15) is 44.9 Å². The van der Waals surface area contributed by atoms with Gasteiger partial charge in [-0.3, -0.25) is 0 Å². The van der Waals surface area contributed by atoms with E-state index < -0.39 is 0 Å². The molecule has 0 amide bonds. The molecule has 0 aromatic rings. The van der Waals surface area contributed by atoms with Gasteiger partial charge < -0.3 is 0 Å². The summed E-state index contributed by atoms with van der Waals surface area (Å²) in [6, 6.07) is 0. The lowest BCUT2D eigenvalue weighted by molar-refractivity contribution is 0.396. The first-order valence-corrected chi connectivity index (χ1v) is 9.77. The van der Waals surface area contributed by atoms with Crippen molar-refractivity contribution in [3.05, 3.63) is 60.8 Å². The summed E-state index contributed by atoms with van der Waals surface area (Å²) in [6.07, 6.45) is 33.4. The minimum atomic E-state index is 0.819. The van der Waals surface area contributed by atoms with Gasteiger partial charge in [-0.25, -0.2) is 0 Å². The molecule has 4 aliphatic rings. The van der Waals surface area contributed by atoms with E-state index in [9.17, 15) is 0 Å². The number of hydrogen-bond acceptors (Lipinski definition) is 0. The minimum Gasteiger partial charge on any atom is -0.0885 e. The maximum atomic E-state index is 2.49. The molecule has 0 aliphatic heterocycles. The van der Waals surface area contributed by atoms with Crippen LogP contribution in [0.15, 0.2) is 60.8 Å². The average molecular weight is 306 g/mol. The third kappa shape index (κ3) is 3.32. The molecule has 0 heteroatoms. The van der Waals surface area contributed by atoms with Gasteiger partial charge >= 0.3 is 0 Å². The second kappa shape index (κ2) is 7.07. The summed E-state index contributed by atoms with van der Waals surface area (Å²) in [5.41, 5.74) is 0. The van der Waals surface area contributed by atoms with E-state index in [0.717, 1.165) is 35.5 Å². The van der Waals surface area contributed by atoms with Crippen molar-refractivity contribution in [3.8, 4) is 0 Å². The topological polar surface area (TPSA) is 0 Å². The molecule has 0 radical (unpaired) electrons. The quantitative estimate of drug-likeness (QED) is 0.527. The van der Waals surface area contributed by atoms with Crippen molar-refractivity contribution in [1.29, 1.82) is 0 Å². The van der Waals surface area contributed by atoms with Crippen LogP contribution >= 0.6 is 0 Å². The first-order chi connectivity index (χ1) is 11.4. The summed E-state index contributed by atoms with van der Waals surface area (Å²) < 4.78 is 0. The first-order valence-electron chi connectivity index (χ1n) is 9.77. The van der Waals surface area contributed by atoms with E-state index in [-0.39, 0.29) is 0 Å². The Morgan fingerprint density at radius 1 is 0.652 bits per heavy atom. The highest BCUT2D eigenvalue weighted by molar-refractivity contribution is 5.18. The predicted molar refractivity (Wildman–Crippen MR) is 99.0 cm³/mol. The van der Waals surface area contributed by atoms with Crippen molar-refractivity contribution in [2.45, 2.75) is 44.9 Å². The van der Waals surface area contributed by atoms with E-state index in [4.69, 9.17) is 0 Å². The van der Waals surface area contributed by atoms with E-state index in [1.165, 1.54) is 44.9 Å². The maximum absolute atomic E-state index is 2.49. The Kier molecular flexibility index (Phi) is 4.69. The van der Waals surface area contributed by atoms with Gasteiger partial charge in [-0.2, -0.15) is 0 Å². The molecule has 2 saturated carbocycles. The molecule has 0 bridgehead atoms. The molecule has 122 valence electrons.